The van der Waals surface area contributed by atoms with E-state index in [0.29, 0.717) is 25.9 Å². The van der Waals surface area contributed by atoms with Crippen molar-refractivity contribution in [1.29, 1.82) is 10.5 Å². The molecule has 1 saturated carbocycles. The molecule has 1 N–H and O–H groups in total. The maximum Gasteiger partial charge on any atom is 0.407 e. The van der Waals surface area contributed by atoms with Crippen molar-refractivity contribution >= 4 is 6.09 Å². The smallest absolute Gasteiger partial charge is 0.407 e. The van der Waals surface area contributed by atoms with E-state index >= 15 is 0 Å². The highest BCUT2D eigenvalue weighted by Crippen LogP contribution is 2.41. The topological polar surface area (TPSA) is 95.1 Å². The molecule has 6 nitrogen and oxygen atoms in total. The van der Waals surface area contributed by atoms with Crippen LogP contribution < -0.4 is 5.32 Å². The lowest BCUT2D eigenvalue weighted by Crippen LogP contribution is -2.46. The Kier molecular flexibility index (Phi) is 6.82. The van der Waals surface area contributed by atoms with Crippen LogP contribution in [-0.2, 0) is 16.1 Å². The molecule has 1 amide bonds. The third-order valence-corrected chi connectivity index (χ3v) is 4.73. The van der Waals surface area contributed by atoms with Crippen LogP contribution >= 0.6 is 0 Å². The van der Waals surface area contributed by atoms with Gasteiger partial charge in [0.25, 0.3) is 0 Å². The number of alkyl carbamates (subject to hydrolysis) is 1. The molecule has 144 valence electrons. The van der Waals surface area contributed by atoms with Gasteiger partial charge >= 0.3 is 6.09 Å². The van der Waals surface area contributed by atoms with Crippen molar-refractivity contribution in [1.82, 2.24) is 5.32 Å². The van der Waals surface area contributed by atoms with E-state index in [-0.39, 0.29) is 12.6 Å². The Hall–Kier alpha value is -2.57. The van der Waals surface area contributed by atoms with E-state index in [9.17, 15) is 15.3 Å². The number of nitrogens with one attached hydrogen (secondary N) is 1. The quantitative estimate of drug-likeness (QED) is 0.848. The standard InChI is InChI=1S/C21H27N3O3/c1-20(2,3)27-19(25)24-15-21(14-23)10-9-18(11-17(21)12-22)26-13-16-7-5-4-6-8-16/h4-8,17-18H,9-11,13,15H2,1-3H3,(H,24,25). The molecule has 1 aliphatic carbocycles. The molecule has 2 rings (SSSR count). The van der Waals surface area contributed by atoms with Crippen LogP contribution in [-0.4, -0.2) is 24.3 Å². The zero-order chi connectivity index (χ0) is 19.9. The van der Waals surface area contributed by atoms with E-state index in [0.717, 1.165) is 5.56 Å². The minimum Gasteiger partial charge on any atom is -0.444 e. The van der Waals surface area contributed by atoms with Crippen LogP contribution in [0.1, 0.15) is 45.6 Å². The summed E-state index contributed by atoms with van der Waals surface area (Å²) in [7, 11) is 0. The fraction of sp³-hybridized carbons (Fsp3) is 0.571. The van der Waals surface area contributed by atoms with Gasteiger partial charge in [0.05, 0.1) is 36.2 Å². The molecular formula is C21H27N3O3. The van der Waals surface area contributed by atoms with Gasteiger partial charge in [-0.1, -0.05) is 30.3 Å². The van der Waals surface area contributed by atoms with Crippen molar-refractivity contribution < 1.29 is 14.3 Å². The molecule has 0 aromatic heterocycles. The fourth-order valence-corrected chi connectivity index (χ4v) is 3.24. The monoisotopic (exact) mass is 369 g/mol. The minimum atomic E-state index is -0.918. The second-order valence-corrected chi connectivity index (χ2v) is 8.00. The van der Waals surface area contributed by atoms with Crippen molar-refractivity contribution in [3.8, 4) is 12.1 Å². The van der Waals surface area contributed by atoms with Gasteiger partial charge < -0.3 is 14.8 Å². The number of amides is 1. The molecule has 6 heteroatoms. The molecular weight excluding hydrogens is 342 g/mol. The van der Waals surface area contributed by atoms with E-state index in [2.05, 4.69) is 17.5 Å². The third kappa shape index (κ3) is 5.98. The van der Waals surface area contributed by atoms with Gasteiger partial charge in [-0.15, -0.1) is 0 Å². The van der Waals surface area contributed by atoms with Gasteiger partial charge in [-0.05, 0) is 45.6 Å². The van der Waals surface area contributed by atoms with Crippen molar-refractivity contribution in [2.75, 3.05) is 6.54 Å². The van der Waals surface area contributed by atoms with Gasteiger partial charge in [0.2, 0.25) is 0 Å². The van der Waals surface area contributed by atoms with E-state index in [4.69, 9.17) is 9.47 Å². The molecule has 0 radical (unpaired) electrons. The number of hydrogen-bond donors (Lipinski definition) is 1. The van der Waals surface area contributed by atoms with E-state index < -0.39 is 23.0 Å². The predicted octanol–water partition coefficient (Wildman–Crippen LogP) is 3.93. The number of ether oxygens (including phenoxy) is 2. The zero-order valence-corrected chi connectivity index (χ0v) is 16.2. The molecule has 1 fully saturated rings. The number of carbonyl (C=O) groups excluding carboxylic acids is 1. The summed E-state index contributed by atoms with van der Waals surface area (Å²) in [6.07, 6.45) is 1.01. The van der Waals surface area contributed by atoms with Gasteiger partial charge in [0.1, 0.15) is 5.60 Å². The number of nitriles is 2. The Labute approximate surface area is 161 Å². The molecule has 3 unspecified atom stereocenters. The Morgan fingerprint density at radius 2 is 2.00 bits per heavy atom. The Morgan fingerprint density at radius 3 is 2.59 bits per heavy atom. The third-order valence-electron chi connectivity index (χ3n) is 4.73. The average Bonchev–Trinajstić information content (AvgIpc) is 2.64. The normalized spacial score (nSPS) is 25.1. The Bertz CT molecular complexity index is 715. The van der Waals surface area contributed by atoms with Crippen LogP contribution in [0.5, 0.6) is 0 Å². The number of carbonyl (C=O) groups is 1. The highest BCUT2D eigenvalue weighted by atomic mass is 16.6. The molecule has 0 bridgehead atoms. The molecule has 0 aliphatic heterocycles. The lowest BCUT2D eigenvalue weighted by atomic mass is 9.66. The largest absolute Gasteiger partial charge is 0.444 e. The molecule has 0 spiro atoms. The Balaban J connectivity index is 1.94. The van der Waals surface area contributed by atoms with Crippen LogP contribution in [0, 0.1) is 34.0 Å². The maximum absolute atomic E-state index is 11.9. The first kappa shape index (κ1) is 20.7. The van der Waals surface area contributed by atoms with Crippen molar-refractivity contribution in [3.05, 3.63) is 35.9 Å². The highest BCUT2D eigenvalue weighted by Gasteiger charge is 2.45. The summed E-state index contributed by atoms with van der Waals surface area (Å²) in [5.41, 5.74) is -0.450. The van der Waals surface area contributed by atoms with Gasteiger partial charge in [-0.3, -0.25) is 0 Å². The summed E-state index contributed by atoms with van der Waals surface area (Å²) in [5, 5.41) is 22.0. The SMILES string of the molecule is CC(C)(C)OC(=O)NCC1(C#N)CCC(OCc2ccccc2)CC1C#N. The molecule has 0 saturated heterocycles. The maximum atomic E-state index is 11.9. The molecule has 3 atom stereocenters. The number of hydrogen-bond acceptors (Lipinski definition) is 5. The van der Waals surface area contributed by atoms with Crippen LogP contribution in [0.3, 0.4) is 0 Å². The summed E-state index contributed by atoms with van der Waals surface area (Å²) in [5.74, 6) is -0.507. The van der Waals surface area contributed by atoms with Crippen LogP contribution in [0.4, 0.5) is 4.79 Å². The first-order valence-electron chi connectivity index (χ1n) is 9.21. The van der Waals surface area contributed by atoms with Crippen LogP contribution in [0.2, 0.25) is 0 Å². The first-order chi connectivity index (χ1) is 12.8. The summed E-state index contributed by atoms with van der Waals surface area (Å²) >= 11 is 0. The van der Waals surface area contributed by atoms with E-state index in [1.807, 2.05) is 30.3 Å². The molecule has 27 heavy (non-hydrogen) atoms. The first-order valence-corrected chi connectivity index (χ1v) is 9.21. The van der Waals surface area contributed by atoms with Crippen molar-refractivity contribution in [2.24, 2.45) is 11.3 Å². The molecule has 1 aliphatic rings. The van der Waals surface area contributed by atoms with Crippen molar-refractivity contribution in [3.63, 3.8) is 0 Å². The van der Waals surface area contributed by atoms with E-state index in [1.54, 1.807) is 20.8 Å². The van der Waals surface area contributed by atoms with E-state index in [1.165, 1.54) is 0 Å². The van der Waals surface area contributed by atoms with Crippen LogP contribution in [0.25, 0.3) is 0 Å². The van der Waals surface area contributed by atoms with Crippen molar-refractivity contribution in [2.45, 2.75) is 58.3 Å². The summed E-state index contributed by atoms with van der Waals surface area (Å²) in [6, 6.07) is 14.4. The van der Waals surface area contributed by atoms with Gasteiger partial charge in [-0.2, -0.15) is 10.5 Å². The fourth-order valence-electron chi connectivity index (χ4n) is 3.24. The summed E-state index contributed by atoms with van der Waals surface area (Å²) in [4.78, 5) is 11.9. The lowest BCUT2D eigenvalue weighted by molar-refractivity contribution is -0.0171. The number of nitrogens with zero attached hydrogens (tertiary/aromatic N) is 2. The lowest BCUT2D eigenvalue weighted by Gasteiger charge is -2.38. The minimum absolute atomic E-state index is 0.0714. The molecule has 1 aromatic carbocycles. The highest BCUT2D eigenvalue weighted by molar-refractivity contribution is 5.67. The zero-order valence-electron chi connectivity index (χ0n) is 16.2. The van der Waals surface area contributed by atoms with Crippen LogP contribution in [0.15, 0.2) is 30.3 Å². The van der Waals surface area contributed by atoms with Gasteiger partial charge in [0.15, 0.2) is 0 Å². The van der Waals surface area contributed by atoms with Gasteiger partial charge in [-0.25, -0.2) is 4.79 Å². The second kappa shape index (κ2) is 8.88. The average molecular weight is 369 g/mol. The number of benzene rings is 1. The summed E-state index contributed by atoms with van der Waals surface area (Å²) < 4.78 is 11.2. The Morgan fingerprint density at radius 1 is 1.30 bits per heavy atom. The van der Waals surface area contributed by atoms with Gasteiger partial charge in [0, 0.05) is 6.54 Å². The summed E-state index contributed by atoms with van der Waals surface area (Å²) in [6.45, 7) is 5.92. The second-order valence-electron chi connectivity index (χ2n) is 8.00. The molecule has 1 aromatic rings. The molecule has 0 heterocycles. The number of rotatable bonds is 5. The predicted molar refractivity (Wildman–Crippen MR) is 100 cm³/mol.